The first kappa shape index (κ1) is 11.1. The van der Waals surface area contributed by atoms with Gasteiger partial charge in [-0.15, -0.1) is 0 Å². The molecule has 0 bridgehead atoms. The van der Waals surface area contributed by atoms with E-state index in [1.807, 2.05) is 43.3 Å². The van der Waals surface area contributed by atoms with Crippen molar-refractivity contribution in [3.63, 3.8) is 0 Å². The molecule has 0 spiro atoms. The average molecular weight is 258 g/mol. The molecule has 0 aliphatic heterocycles. The molecule has 3 rings (SSSR count). The standard InChI is InChI=1S/C14H12ClN3/c1-8-10(3-2-4-12(8)15)14-11-7-9(16)5-6-13(11)17-18-14/h2-7H,16H2,1H3,(H,17,18). The second-order valence-electron chi connectivity index (χ2n) is 4.29. The highest BCUT2D eigenvalue weighted by molar-refractivity contribution is 6.31. The molecule has 1 heterocycles. The van der Waals surface area contributed by atoms with Crippen molar-refractivity contribution in [1.82, 2.24) is 10.2 Å². The maximum absolute atomic E-state index is 6.15. The predicted molar refractivity (Wildman–Crippen MR) is 75.7 cm³/mol. The Balaban J connectivity index is 2.32. The first-order chi connectivity index (χ1) is 8.66. The van der Waals surface area contributed by atoms with Gasteiger partial charge in [-0.25, -0.2) is 0 Å². The van der Waals surface area contributed by atoms with Gasteiger partial charge in [0.15, 0.2) is 0 Å². The quantitative estimate of drug-likeness (QED) is 0.652. The van der Waals surface area contributed by atoms with Crippen LogP contribution >= 0.6 is 11.6 Å². The van der Waals surface area contributed by atoms with Gasteiger partial charge >= 0.3 is 0 Å². The number of hydrogen-bond donors (Lipinski definition) is 2. The minimum absolute atomic E-state index is 0.727. The molecule has 0 amide bonds. The van der Waals surface area contributed by atoms with Crippen molar-refractivity contribution in [2.45, 2.75) is 6.92 Å². The Morgan fingerprint density at radius 2 is 2.06 bits per heavy atom. The zero-order chi connectivity index (χ0) is 12.7. The minimum atomic E-state index is 0.727. The summed E-state index contributed by atoms with van der Waals surface area (Å²) in [6.45, 7) is 1.99. The highest BCUT2D eigenvalue weighted by Crippen LogP contribution is 2.32. The number of hydrogen-bond acceptors (Lipinski definition) is 2. The Hall–Kier alpha value is -2.00. The van der Waals surface area contributed by atoms with E-state index in [4.69, 9.17) is 17.3 Å². The molecule has 3 nitrogen and oxygen atoms in total. The summed E-state index contributed by atoms with van der Waals surface area (Å²) < 4.78 is 0. The number of rotatable bonds is 1. The third-order valence-corrected chi connectivity index (χ3v) is 3.52. The van der Waals surface area contributed by atoms with E-state index in [9.17, 15) is 0 Å². The van der Waals surface area contributed by atoms with Crippen LogP contribution in [-0.4, -0.2) is 10.2 Å². The third kappa shape index (κ3) is 1.64. The van der Waals surface area contributed by atoms with Crippen molar-refractivity contribution in [2.24, 2.45) is 0 Å². The number of nitrogens with two attached hydrogens (primary N) is 1. The summed E-state index contributed by atoms with van der Waals surface area (Å²) in [6.07, 6.45) is 0. The molecule has 0 unspecified atom stereocenters. The summed E-state index contributed by atoms with van der Waals surface area (Å²) >= 11 is 6.15. The number of benzene rings is 2. The molecule has 0 fully saturated rings. The van der Waals surface area contributed by atoms with Crippen molar-refractivity contribution in [2.75, 3.05) is 5.73 Å². The van der Waals surface area contributed by atoms with Gasteiger partial charge in [0.1, 0.15) is 5.69 Å². The van der Waals surface area contributed by atoms with Crippen LogP contribution in [0.5, 0.6) is 0 Å². The lowest BCUT2D eigenvalue weighted by Gasteiger charge is -2.05. The molecule has 3 N–H and O–H groups in total. The number of fused-ring (bicyclic) bond motifs is 1. The predicted octanol–water partition coefficient (Wildman–Crippen LogP) is 3.77. The molecule has 3 aromatic rings. The fourth-order valence-electron chi connectivity index (χ4n) is 2.10. The van der Waals surface area contributed by atoms with Crippen LogP contribution in [0.2, 0.25) is 5.02 Å². The van der Waals surface area contributed by atoms with E-state index in [-0.39, 0.29) is 0 Å². The lowest BCUT2D eigenvalue weighted by Crippen LogP contribution is -1.86. The van der Waals surface area contributed by atoms with E-state index >= 15 is 0 Å². The fourth-order valence-corrected chi connectivity index (χ4v) is 2.28. The van der Waals surface area contributed by atoms with Gasteiger partial charge in [-0.1, -0.05) is 23.7 Å². The van der Waals surface area contributed by atoms with Crippen LogP contribution in [0, 0.1) is 6.92 Å². The summed E-state index contributed by atoms with van der Waals surface area (Å²) in [5, 5.41) is 9.14. The van der Waals surface area contributed by atoms with Crippen LogP contribution < -0.4 is 5.73 Å². The SMILES string of the molecule is Cc1c(Cl)cccc1-c1n[nH]c2ccc(N)cc12. The van der Waals surface area contributed by atoms with Crippen molar-refractivity contribution < 1.29 is 0 Å². The van der Waals surface area contributed by atoms with Gasteiger partial charge < -0.3 is 5.73 Å². The Kier molecular flexibility index (Phi) is 2.49. The summed E-state index contributed by atoms with van der Waals surface area (Å²) in [4.78, 5) is 0. The topological polar surface area (TPSA) is 54.7 Å². The first-order valence-electron chi connectivity index (χ1n) is 5.66. The van der Waals surface area contributed by atoms with Crippen LogP contribution in [0.4, 0.5) is 5.69 Å². The van der Waals surface area contributed by atoms with Crippen LogP contribution in [0.15, 0.2) is 36.4 Å². The molecule has 2 aromatic carbocycles. The van der Waals surface area contributed by atoms with Gasteiger partial charge in [0.05, 0.1) is 5.52 Å². The smallest absolute Gasteiger partial charge is 0.100 e. The zero-order valence-corrected chi connectivity index (χ0v) is 10.6. The Labute approximate surface area is 110 Å². The molecular weight excluding hydrogens is 246 g/mol. The fraction of sp³-hybridized carbons (Fsp3) is 0.0714. The number of nitrogen functional groups attached to an aromatic ring is 1. The van der Waals surface area contributed by atoms with E-state index < -0.39 is 0 Å². The van der Waals surface area contributed by atoms with Crippen LogP contribution in [0.1, 0.15) is 5.56 Å². The van der Waals surface area contributed by atoms with E-state index in [0.717, 1.165) is 38.4 Å². The highest BCUT2D eigenvalue weighted by atomic mass is 35.5. The number of aromatic nitrogens is 2. The maximum atomic E-state index is 6.15. The molecule has 0 radical (unpaired) electrons. The Bertz CT molecular complexity index is 731. The molecule has 0 saturated heterocycles. The van der Waals surface area contributed by atoms with Crippen LogP contribution in [-0.2, 0) is 0 Å². The van der Waals surface area contributed by atoms with Crippen molar-refractivity contribution >= 4 is 28.2 Å². The third-order valence-electron chi connectivity index (χ3n) is 3.11. The van der Waals surface area contributed by atoms with Crippen molar-refractivity contribution in [3.05, 3.63) is 47.0 Å². The molecule has 0 atom stereocenters. The highest BCUT2D eigenvalue weighted by Gasteiger charge is 2.11. The van der Waals surface area contributed by atoms with Crippen molar-refractivity contribution in [3.8, 4) is 11.3 Å². The Morgan fingerprint density at radius 3 is 2.89 bits per heavy atom. The van der Waals surface area contributed by atoms with Gasteiger partial charge in [0.25, 0.3) is 0 Å². The average Bonchev–Trinajstić information content (AvgIpc) is 2.75. The summed E-state index contributed by atoms with van der Waals surface area (Å²) in [6, 6.07) is 11.5. The van der Waals surface area contributed by atoms with Gasteiger partial charge in [0.2, 0.25) is 0 Å². The number of nitrogens with one attached hydrogen (secondary N) is 1. The normalized spacial score (nSPS) is 11.0. The number of halogens is 1. The first-order valence-corrected chi connectivity index (χ1v) is 6.03. The molecule has 90 valence electrons. The minimum Gasteiger partial charge on any atom is -0.399 e. The largest absolute Gasteiger partial charge is 0.399 e. The second-order valence-corrected chi connectivity index (χ2v) is 4.70. The molecule has 18 heavy (non-hydrogen) atoms. The summed E-state index contributed by atoms with van der Waals surface area (Å²) in [5.41, 5.74) is 10.5. The number of aromatic amines is 1. The molecule has 0 aliphatic rings. The maximum Gasteiger partial charge on any atom is 0.100 e. The molecule has 0 saturated carbocycles. The number of nitrogens with zero attached hydrogens (tertiary/aromatic N) is 1. The van der Waals surface area contributed by atoms with E-state index in [2.05, 4.69) is 10.2 Å². The number of anilines is 1. The van der Waals surface area contributed by atoms with Gasteiger partial charge in [-0.05, 0) is 36.8 Å². The number of H-pyrrole nitrogens is 1. The lowest BCUT2D eigenvalue weighted by atomic mass is 10.0. The summed E-state index contributed by atoms with van der Waals surface area (Å²) in [5.74, 6) is 0. The molecule has 1 aromatic heterocycles. The van der Waals surface area contributed by atoms with Crippen molar-refractivity contribution in [1.29, 1.82) is 0 Å². The summed E-state index contributed by atoms with van der Waals surface area (Å²) in [7, 11) is 0. The Morgan fingerprint density at radius 1 is 1.22 bits per heavy atom. The zero-order valence-electron chi connectivity index (χ0n) is 9.87. The second kappa shape index (κ2) is 4.03. The van der Waals surface area contributed by atoms with Gasteiger partial charge in [-0.2, -0.15) is 5.10 Å². The lowest BCUT2D eigenvalue weighted by molar-refractivity contribution is 1.12. The van der Waals surface area contributed by atoms with Crippen LogP contribution in [0.25, 0.3) is 22.2 Å². The van der Waals surface area contributed by atoms with E-state index in [0.29, 0.717) is 0 Å². The monoisotopic (exact) mass is 257 g/mol. The van der Waals surface area contributed by atoms with E-state index in [1.165, 1.54) is 0 Å². The molecular formula is C14H12ClN3. The van der Waals surface area contributed by atoms with Crippen LogP contribution in [0.3, 0.4) is 0 Å². The molecule has 0 aliphatic carbocycles. The van der Waals surface area contributed by atoms with Gasteiger partial charge in [-0.3, -0.25) is 5.10 Å². The van der Waals surface area contributed by atoms with Gasteiger partial charge in [0, 0.05) is 21.7 Å². The molecule has 4 heteroatoms. The van der Waals surface area contributed by atoms with E-state index in [1.54, 1.807) is 0 Å².